The molecule has 1 atom stereocenters. The zero-order valence-electron chi connectivity index (χ0n) is 12.2. The first-order valence-corrected chi connectivity index (χ1v) is 7.30. The van der Waals surface area contributed by atoms with E-state index in [1.165, 1.54) is 25.9 Å². The van der Waals surface area contributed by atoms with Gasteiger partial charge in [0.05, 0.1) is 0 Å². The quantitative estimate of drug-likeness (QED) is 0.715. The molecule has 106 valence electrons. The van der Waals surface area contributed by atoms with Crippen LogP contribution in [0.2, 0.25) is 0 Å². The number of likely N-dealkylation sites (tertiary alicyclic amines) is 1. The van der Waals surface area contributed by atoms with E-state index in [1.54, 1.807) is 0 Å². The van der Waals surface area contributed by atoms with E-state index in [2.05, 4.69) is 29.5 Å². The minimum Gasteiger partial charge on any atom is -0.356 e. The van der Waals surface area contributed by atoms with Crippen molar-refractivity contribution in [2.45, 2.75) is 33.1 Å². The molecule has 18 heavy (non-hydrogen) atoms. The Morgan fingerprint density at radius 3 is 2.67 bits per heavy atom. The summed E-state index contributed by atoms with van der Waals surface area (Å²) < 4.78 is 0. The van der Waals surface area contributed by atoms with E-state index in [-0.39, 0.29) is 11.8 Å². The highest BCUT2D eigenvalue weighted by atomic mass is 16.1. The van der Waals surface area contributed by atoms with E-state index in [0.717, 1.165) is 32.0 Å². The molecule has 4 heteroatoms. The van der Waals surface area contributed by atoms with Gasteiger partial charge in [-0.25, -0.2) is 0 Å². The van der Waals surface area contributed by atoms with Crippen molar-refractivity contribution in [3.05, 3.63) is 0 Å². The van der Waals surface area contributed by atoms with E-state index in [0.29, 0.717) is 0 Å². The summed E-state index contributed by atoms with van der Waals surface area (Å²) in [6.07, 6.45) is 3.69. The van der Waals surface area contributed by atoms with Crippen LogP contribution in [0.4, 0.5) is 0 Å². The first-order valence-electron chi connectivity index (χ1n) is 7.30. The minimum atomic E-state index is 0.0717. The molecule has 4 nitrogen and oxygen atoms in total. The van der Waals surface area contributed by atoms with E-state index in [9.17, 15) is 4.79 Å². The molecule has 0 aromatic carbocycles. The predicted molar refractivity (Wildman–Crippen MR) is 75.6 cm³/mol. The summed E-state index contributed by atoms with van der Waals surface area (Å²) in [5, 5.41) is 6.26. The lowest BCUT2D eigenvalue weighted by molar-refractivity contribution is -0.124. The smallest absolute Gasteiger partial charge is 0.224 e. The Morgan fingerprint density at radius 2 is 2.06 bits per heavy atom. The summed E-state index contributed by atoms with van der Waals surface area (Å²) in [4.78, 5) is 14.2. The number of piperidine rings is 1. The summed E-state index contributed by atoms with van der Waals surface area (Å²) in [6, 6.07) is 0. The molecule has 0 bridgehead atoms. The van der Waals surface area contributed by atoms with Crippen molar-refractivity contribution < 1.29 is 4.79 Å². The van der Waals surface area contributed by atoms with Crippen LogP contribution in [0.15, 0.2) is 0 Å². The lowest BCUT2D eigenvalue weighted by atomic mass is 9.94. The molecule has 1 aliphatic heterocycles. The molecule has 0 spiro atoms. The maximum atomic E-state index is 11.8. The molecule has 0 saturated carbocycles. The monoisotopic (exact) mass is 255 g/mol. The zero-order valence-corrected chi connectivity index (χ0v) is 12.2. The number of hydrogen-bond acceptors (Lipinski definition) is 3. The second-order valence-corrected chi connectivity index (χ2v) is 5.54. The largest absolute Gasteiger partial charge is 0.356 e. The average Bonchev–Trinajstić information content (AvgIpc) is 2.38. The molecule has 0 aromatic heterocycles. The molecule has 1 aliphatic rings. The summed E-state index contributed by atoms with van der Waals surface area (Å²) in [7, 11) is 2.18. The van der Waals surface area contributed by atoms with E-state index < -0.39 is 0 Å². The molecule has 0 aliphatic carbocycles. The molecule has 1 amide bonds. The van der Waals surface area contributed by atoms with E-state index in [4.69, 9.17) is 0 Å². The van der Waals surface area contributed by atoms with Crippen molar-refractivity contribution in [2.24, 2.45) is 11.8 Å². The molecular formula is C14H29N3O. The van der Waals surface area contributed by atoms with Crippen molar-refractivity contribution in [2.75, 3.05) is 39.8 Å². The maximum Gasteiger partial charge on any atom is 0.224 e. The zero-order chi connectivity index (χ0) is 13.4. The van der Waals surface area contributed by atoms with Crippen LogP contribution in [-0.2, 0) is 4.79 Å². The molecular weight excluding hydrogens is 226 g/mol. The van der Waals surface area contributed by atoms with Crippen LogP contribution >= 0.6 is 0 Å². The molecule has 1 rings (SSSR count). The van der Waals surface area contributed by atoms with Crippen LogP contribution in [-0.4, -0.2) is 50.6 Å². The fourth-order valence-corrected chi connectivity index (χ4v) is 2.38. The van der Waals surface area contributed by atoms with Gasteiger partial charge in [0.2, 0.25) is 5.91 Å². The normalized spacial score (nSPS) is 19.7. The highest BCUT2D eigenvalue weighted by Gasteiger charge is 2.17. The van der Waals surface area contributed by atoms with Gasteiger partial charge in [0, 0.05) is 19.0 Å². The number of rotatable bonds is 7. The number of carbonyl (C=O) groups is 1. The van der Waals surface area contributed by atoms with Gasteiger partial charge in [-0.15, -0.1) is 0 Å². The summed E-state index contributed by atoms with van der Waals surface area (Å²) in [6.45, 7) is 8.98. The number of nitrogens with one attached hydrogen (secondary N) is 2. The average molecular weight is 255 g/mol. The Bertz CT molecular complexity index is 237. The maximum absolute atomic E-state index is 11.8. The number of amides is 1. The second kappa shape index (κ2) is 8.48. The number of nitrogens with zero attached hydrogens (tertiary/aromatic N) is 1. The van der Waals surface area contributed by atoms with Crippen LogP contribution in [0.1, 0.15) is 33.1 Å². The third-order valence-electron chi connectivity index (χ3n) is 3.84. The van der Waals surface area contributed by atoms with Crippen LogP contribution in [0.25, 0.3) is 0 Å². The lowest BCUT2D eigenvalue weighted by Crippen LogP contribution is -2.37. The summed E-state index contributed by atoms with van der Waals surface area (Å²) in [5.74, 6) is 1.05. The first-order chi connectivity index (χ1) is 8.63. The molecule has 2 N–H and O–H groups in total. The van der Waals surface area contributed by atoms with E-state index in [1.807, 2.05) is 6.92 Å². The van der Waals surface area contributed by atoms with Crippen LogP contribution in [0, 0.1) is 11.8 Å². The van der Waals surface area contributed by atoms with Gasteiger partial charge in [0.25, 0.3) is 0 Å². The molecule has 0 radical (unpaired) electrons. The predicted octanol–water partition coefficient (Wildman–Crippen LogP) is 1.08. The topological polar surface area (TPSA) is 44.4 Å². The van der Waals surface area contributed by atoms with Gasteiger partial charge < -0.3 is 15.5 Å². The Kier molecular flexibility index (Phi) is 7.28. The fraction of sp³-hybridized carbons (Fsp3) is 0.929. The van der Waals surface area contributed by atoms with Crippen molar-refractivity contribution in [1.82, 2.24) is 15.5 Å². The summed E-state index contributed by atoms with van der Waals surface area (Å²) >= 11 is 0. The van der Waals surface area contributed by atoms with E-state index >= 15 is 0 Å². The fourth-order valence-electron chi connectivity index (χ4n) is 2.38. The second-order valence-electron chi connectivity index (χ2n) is 5.54. The minimum absolute atomic E-state index is 0.0717. The SMILES string of the molecule is CCNCC(C)C(=O)NCCC1CCN(C)CC1. The third kappa shape index (κ3) is 5.83. The third-order valence-corrected chi connectivity index (χ3v) is 3.84. The van der Waals surface area contributed by atoms with Gasteiger partial charge in [-0.3, -0.25) is 4.79 Å². The van der Waals surface area contributed by atoms with Gasteiger partial charge in [-0.05, 0) is 51.9 Å². The Hall–Kier alpha value is -0.610. The molecule has 1 saturated heterocycles. The Morgan fingerprint density at radius 1 is 1.39 bits per heavy atom. The van der Waals surface area contributed by atoms with Crippen molar-refractivity contribution in [1.29, 1.82) is 0 Å². The summed E-state index contributed by atoms with van der Waals surface area (Å²) in [5.41, 5.74) is 0. The highest BCUT2D eigenvalue weighted by molar-refractivity contribution is 5.78. The van der Waals surface area contributed by atoms with Crippen molar-refractivity contribution in [3.8, 4) is 0 Å². The number of carbonyl (C=O) groups excluding carboxylic acids is 1. The Balaban J connectivity index is 2.08. The van der Waals surface area contributed by atoms with Gasteiger partial charge in [-0.1, -0.05) is 13.8 Å². The van der Waals surface area contributed by atoms with Crippen molar-refractivity contribution >= 4 is 5.91 Å². The lowest BCUT2D eigenvalue weighted by Gasteiger charge is -2.29. The Labute approximate surface area is 111 Å². The van der Waals surface area contributed by atoms with Gasteiger partial charge in [-0.2, -0.15) is 0 Å². The number of hydrogen-bond donors (Lipinski definition) is 2. The van der Waals surface area contributed by atoms with Crippen LogP contribution in [0.5, 0.6) is 0 Å². The van der Waals surface area contributed by atoms with Crippen LogP contribution in [0.3, 0.4) is 0 Å². The van der Waals surface area contributed by atoms with Gasteiger partial charge in [0.15, 0.2) is 0 Å². The first kappa shape index (κ1) is 15.4. The molecule has 0 aromatic rings. The molecule has 1 unspecified atom stereocenters. The van der Waals surface area contributed by atoms with Gasteiger partial charge >= 0.3 is 0 Å². The van der Waals surface area contributed by atoms with Gasteiger partial charge in [0.1, 0.15) is 0 Å². The molecule has 1 fully saturated rings. The van der Waals surface area contributed by atoms with Crippen LogP contribution < -0.4 is 10.6 Å². The van der Waals surface area contributed by atoms with Crippen molar-refractivity contribution in [3.63, 3.8) is 0 Å². The highest BCUT2D eigenvalue weighted by Crippen LogP contribution is 2.18. The standard InChI is InChI=1S/C14H29N3O/c1-4-15-11-12(2)14(18)16-8-5-13-6-9-17(3)10-7-13/h12-13,15H,4-11H2,1-3H3,(H,16,18). The molecule has 1 heterocycles.